The third-order valence-electron chi connectivity index (χ3n) is 6.66. The summed E-state index contributed by atoms with van der Waals surface area (Å²) in [7, 11) is 0. The van der Waals surface area contributed by atoms with Crippen LogP contribution in [-0.2, 0) is 0 Å². The van der Waals surface area contributed by atoms with Crippen molar-refractivity contribution >= 4 is 0 Å². The quantitative estimate of drug-likeness (QED) is 0.579. The van der Waals surface area contributed by atoms with Crippen molar-refractivity contribution in [3.8, 4) is 0 Å². The van der Waals surface area contributed by atoms with Crippen LogP contribution in [-0.4, -0.2) is 48.6 Å². The van der Waals surface area contributed by atoms with Gasteiger partial charge in [-0.05, 0) is 43.4 Å². The minimum Gasteiger partial charge on any atom is -0.300 e. The fraction of sp³-hybridized carbons (Fsp3) is 0.895. The van der Waals surface area contributed by atoms with Crippen LogP contribution in [0.3, 0.4) is 0 Å². The van der Waals surface area contributed by atoms with E-state index < -0.39 is 0 Å². The fourth-order valence-corrected chi connectivity index (χ4v) is 5.37. The molecular weight excluding hydrogens is 256 g/mol. The minimum absolute atomic E-state index is 0.917. The lowest BCUT2D eigenvalue weighted by atomic mass is 9.93. The van der Waals surface area contributed by atoms with E-state index in [1.807, 2.05) is 0 Å². The van der Waals surface area contributed by atoms with Gasteiger partial charge in [-0.2, -0.15) is 0 Å². The van der Waals surface area contributed by atoms with Crippen LogP contribution in [0.5, 0.6) is 0 Å². The Balaban J connectivity index is 1.24. The zero-order chi connectivity index (χ0) is 14.1. The van der Waals surface area contributed by atoms with Gasteiger partial charge in [0.1, 0.15) is 0 Å². The molecule has 1 heterocycles. The van der Waals surface area contributed by atoms with E-state index in [2.05, 4.69) is 22.0 Å². The smallest absolute Gasteiger partial charge is 0.0113 e. The van der Waals surface area contributed by atoms with Crippen LogP contribution in [0.4, 0.5) is 0 Å². The number of piperazine rings is 1. The highest BCUT2D eigenvalue weighted by atomic mass is 15.3. The molecule has 2 heteroatoms. The SMILES string of the molecule is C1=C[C@H]2C[C@H]1C[C@@H]2CN1CCN(C2CCCCCC2)CC1. The summed E-state index contributed by atoms with van der Waals surface area (Å²) in [5.41, 5.74) is 0. The topological polar surface area (TPSA) is 6.48 Å². The van der Waals surface area contributed by atoms with Gasteiger partial charge in [0, 0.05) is 38.8 Å². The van der Waals surface area contributed by atoms with E-state index in [-0.39, 0.29) is 0 Å². The van der Waals surface area contributed by atoms with E-state index in [0.717, 1.165) is 23.8 Å². The summed E-state index contributed by atoms with van der Waals surface area (Å²) in [5.74, 6) is 2.84. The summed E-state index contributed by atoms with van der Waals surface area (Å²) in [6.07, 6.45) is 16.8. The summed E-state index contributed by atoms with van der Waals surface area (Å²) < 4.78 is 0. The van der Waals surface area contributed by atoms with Crippen molar-refractivity contribution in [1.82, 2.24) is 9.80 Å². The van der Waals surface area contributed by atoms with Gasteiger partial charge in [0.25, 0.3) is 0 Å². The Labute approximate surface area is 130 Å². The second-order valence-electron chi connectivity index (χ2n) is 8.02. The van der Waals surface area contributed by atoms with Gasteiger partial charge in [0.2, 0.25) is 0 Å². The van der Waals surface area contributed by atoms with Crippen molar-refractivity contribution in [1.29, 1.82) is 0 Å². The average Bonchev–Trinajstić information content (AvgIpc) is 3.02. The Kier molecular flexibility index (Phi) is 4.36. The first kappa shape index (κ1) is 14.3. The minimum atomic E-state index is 0.917. The van der Waals surface area contributed by atoms with Crippen LogP contribution in [0, 0.1) is 17.8 Å². The first-order valence-corrected chi connectivity index (χ1v) is 9.53. The summed E-state index contributed by atoms with van der Waals surface area (Å²) in [4.78, 5) is 5.59. The molecule has 1 saturated heterocycles. The van der Waals surface area contributed by atoms with Gasteiger partial charge in [-0.3, -0.25) is 4.90 Å². The van der Waals surface area contributed by atoms with Crippen LogP contribution in [0.2, 0.25) is 0 Å². The molecule has 2 nitrogen and oxygen atoms in total. The Morgan fingerprint density at radius 3 is 2.19 bits per heavy atom. The highest BCUT2D eigenvalue weighted by Crippen LogP contribution is 2.43. The first-order valence-electron chi connectivity index (χ1n) is 9.53. The molecule has 0 aromatic carbocycles. The van der Waals surface area contributed by atoms with Gasteiger partial charge in [-0.15, -0.1) is 0 Å². The Bertz CT molecular complexity index is 362. The molecule has 3 aliphatic carbocycles. The van der Waals surface area contributed by atoms with E-state index in [1.54, 1.807) is 0 Å². The average molecular weight is 288 g/mol. The Morgan fingerprint density at radius 1 is 0.810 bits per heavy atom. The second kappa shape index (κ2) is 6.42. The molecule has 0 spiro atoms. The van der Waals surface area contributed by atoms with Gasteiger partial charge in [0.15, 0.2) is 0 Å². The van der Waals surface area contributed by atoms with Crippen molar-refractivity contribution in [3.05, 3.63) is 12.2 Å². The summed E-state index contributed by atoms with van der Waals surface area (Å²) >= 11 is 0. The van der Waals surface area contributed by atoms with Gasteiger partial charge in [0.05, 0.1) is 0 Å². The molecule has 3 atom stereocenters. The molecule has 2 saturated carbocycles. The van der Waals surface area contributed by atoms with E-state index in [0.29, 0.717) is 0 Å². The van der Waals surface area contributed by atoms with E-state index in [9.17, 15) is 0 Å². The molecule has 0 aromatic rings. The maximum Gasteiger partial charge on any atom is 0.0113 e. The fourth-order valence-electron chi connectivity index (χ4n) is 5.37. The molecule has 21 heavy (non-hydrogen) atoms. The van der Waals surface area contributed by atoms with E-state index in [4.69, 9.17) is 0 Å². The molecule has 3 fully saturated rings. The molecule has 0 N–H and O–H groups in total. The van der Waals surface area contributed by atoms with Crippen molar-refractivity contribution < 1.29 is 0 Å². The Hall–Kier alpha value is -0.340. The van der Waals surface area contributed by atoms with Crippen molar-refractivity contribution in [3.63, 3.8) is 0 Å². The summed E-state index contributed by atoms with van der Waals surface area (Å²) in [6.45, 7) is 6.70. The van der Waals surface area contributed by atoms with Crippen molar-refractivity contribution in [2.45, 2.75) is 57.4 Å². The highest BCUT2D eigenvalue weighted by molar-refractivity contribution is 5.10. The number of fused-ring (bicyclic) bond motifs is 2. The second-order valence-corrected chi connectivity index (χ2v) is 8.02. The largest absolute Gasteiger partial charge is 0.300 e. The molecule has 0 amide bonds. The van der Waals surface area contributed by atoms with Crippen molar-refractivity contribution in [2.75, 3.05) is 32.7 Å². The zero-order valence-corrected chi connectivity index (χ0v) is 13.6. The van der Waals surface area contributed by atoms with Crippen LogP contribution in [0.1, 0.15) is 51.4 Å². The molecule has 2 bridgehead atoms. The molecule has 0 unspecified atom stereocenters. The molecule has 1 aliphatic heterocycles. The van der Waals surface area contributed by atoms with Crippen LogP contribution < -0.4 is 0 Å². The van der Waals surface area contributed by atoms with Gasteiger partial charge in [-0.1, -0.05) is 37.8 Å². The third kappa shape index (κ3) is 3.22. The van der Waals surface area contributed by atoms with Crippen molar-refractivity contribution in [2.24, 2.45) is 17.8 Å². The molecule has 0 aromatic heterocycles. The van der Waals surface area contributed by atoms with Crippen LogP contribution in [0.25, 0.3) is 0 Å². The van der Waals surface area contributed by atoms with Gasteiger partial charge >= 0.3 is 0 Å². The van der Waals surface area contributed by atoms with Gasteiger partial charge in [-0.25, -0.2) is 0 Å². The maximum atomic E-state index is 2.82. The number of hydrogen-bond donors (Lipinski definition) is 0. The van der Waals surface area contributed by atoms with E-state index in [1.165, 1.54) is 84.1 Å². The molecule has 4 rings (SSSR count). The number of hydrogen-bond acceptors (Lipinski definition) is 2. The standard InChI is InChI=1S/C19H32N2/c1-2-4-6-19(5-3-1)21-11-9-20(10-12-21)15-18-14-16-7-8-17(18)13-16/h7-8,16-19H,1-6,9-15H2/t16-,17-,18+/m0/s1. The number of nitrogens with zero attached hydrogens (tertiary/aromatic N) is 2. The predicted octanol–water partition coefficient (Wildman–Crippen LogP) is 3.54. The zero-order valence-electron chi connectivity index (χ0n) is 13.6. The third-order valence-corrected chi connectivity index (χ3v) is 6.66. The lowest BCUT2D eigenvalue weighted by Crippen LogP contribution is -2.51. The monoisotopic (exact) mass is 288 g/mol. The Morgan fingerprint density at radius 2 is 1.57 bits per heavy atom. The summed E-state index contributed by atoms with van der Waals surface area (Å²) in [5, 5.41) is 0. The molecule has 118 valence electrons. The predicted molar refractivity (Wildman–Crippen MR) is 88.3 cm³/mol. The van der Waals surface area contributed by atoms with E-state index >= 15 is 0 Å². The summed E-state index contributed by atoms with van der Waals surface area (Å²) in [6, 6.07) is 0.917. The van der Waals surface area contributed by atoms with Crippen LogP contribution >= 0.6 is 0 Å². The molecule has 4 aliphatic rings. The first-order chi connectivity index (χ1) is 10.4. The molecular formula is C19H32N2. The highest BCUT2D eigenvalue weighted by Gasteiger charge is 2.36. The lowest BCUT2D eigenvalue weighted by Gasteiger charge is -2.40. The lowest BCUT2D eigenvalue weighted by molar-refractivity contribution is 0.0770. The number of allylic oxidation sites excluding steroid dienone is 2. The normalized spacial score (nSPS) is 39.0. The van der Waals surface area contributed by atoms with Crippen LogP contribution in [0.15, 0.2) is 12.2 Å². The molecule has 0 radical (unpaired) electrons. The maximum absolute atomic E-state index is 2.82. The number of rotatable bonds is 3. The van der Waals surface area contributed by atoms with Gasteiger partial charge < -0.3 is 4.90 Å².